The van der Waals surface area contributed by atoms with E-state index in [-0.39, 0.29) is 18.2 Å². The Morgan fingerprint density at radius 1 is 1.43 bits per heavy atom. The number of sulfone groups is 1. The summed E-state index contributed by atoms with van der Waals surface area (Å²) in [7, 11) is -4.91. The van der Waals surface area contributed by atoms with Gasteiger partial charge in [-0.05, 0) is 24.5 Å². The van der Waals surface area contributed by atoms with Crippen molar-refractivity contribution in [3.63, 3.8) is 0 Å². The molecule has 1 aromatic rings. The van der Waals surface area contributed by atoms with Crippen LogP contribution in [0.25, 0.3) is 0 Å². The quantitative estimate of drug-likeness (QED) is 0.656. The molecule has 1 aliphatic rings. The Morgan fingerprint density at radius 2 is 2.09 bits per heavy atom. The molecular formula is C13H16F2N2O5S. The van der Waals surface area contributed by atoms with Crippen LogP contribution < -0.4 is 4.90 Å². The van der Waals surface area contributed by atoms with Gasteiger partial charge in [0.1, 0.15) is 5.69 Å². The van der Waals surface area contributed by atoms with Crippen LogP contribution in [0.4, 0.5) is 20.2 Å². The fourth-order valence-corrected chi connectivity index (χ4v) is 3.20. The number of hydrogen-bond acceptors (Lipinski definition) is 6. The number of alkyl halides is 2. The number of nitro groups is 1. The van der Waals surface area contributed by atoms with Gasteiger partial charge in [-0.2, -0.15) is 8.78 Å². The number of rotatable bonds is 4. The molecule has 0 radical (unpaired) electrons. The smallest absolute Gasteiger partial charge is 0.341 e. The monoisotopic (exact) mass is 350 g/mol. The minimum absolute atomic E-state index is 0.0452. The summed E-state index contributed by atoms with van der Waals surface area (Å²) in [5.74, 6) is -3.60. The van der Waals surface area contributed by atoms with Gasteiger partial charge in [0.05, 0.1) is 15.9 Å². The molecular weight excluding hydrogens is 334 g/mol. The van der Waals surface area contributed by atoms with Gasteiger partial charge in [0.25, 0.3) is 5.69 Å². The first kappa shape index (κ1) is 17.5. The molecule has 1 aliphatic heterocycles. The molecule has 128 valence electrons. The molecule has 0 aromatic heterocycles. The summed E-state index contributed by atoms with van der Waals surface area (Å²) in [6.07, 6.45) is -0.0668. The fraction of sp³-hybridized carbons (Fsp3) is 0.538. The van der Waals surface area contributed by atoms with Crippen LogP contribution in [-0.4, -0.2) is 43.4 Å². The lowest BCUT2D eigenvalue weighted by Gasteiger charge is -2.35. The maximum absolute atomic E-state index is 12.6. The number of aliphatic hydroxyl groups excluding tert-OH is 1. The molecule has 23 heavy (non-hydrogen) atoms. The molecule has 2 unspecified atom stereocenters. The third kappa shape index (κ3) is 3.42. The largest absolute Gasteiger partial charge is 0.391 e. The average Bonchev–Trinajstić information content (AvgIpc) is 2.49. The third-order valence-corrected chi connectivity index (χ3v) is 5.35. The van der Waals surface area contributed by atoms with Crippen molar-refractivity contribution >= 4 is 21.2 Å². The molecule has 7 nitrogen and oxygen atoms in total. The van der Waals surface area contributed by atoms with Gasteiger partial charge >= 0.3 is 5.76 Å². The van der Waals surface area contributed by atoms with Crippen molar-refractivity contribution in [2.24, 2.45) is 5.92 Å². The first-order valence-electron chi connectivity index (χ1n) is 6.88. The molecule has 0 spiro atoms. The summed E-state index contributed by atoms with van der Waals surface area (Å²) in [5, 5.41) is 21.1. The van der Waals surface area contributed by atoms with Gasteiger partial charge in [-0.25, -0.2) is 8.42 Å². The van der Waals surface area contributed by atoms with Gasteiger partial charge in [-0.3, -0.25) is 10.1 Å². The topological polar surface area (TPSA) is 101 Å². The number of piperidine rings is 1. The SMILES string of the molecule is CC1CCN(c2ccc(S(=O)(=O)C(F)F)cc2[N+](=O)[O-])CC1O. The van der Waals surface area contributed by atoms with Gasteiger partial charge in [-0.1, -0.05) is 6.92 Å². The van der Waals surface area contributed by atoms with E-state index in [1.165, 1.54) is 0 Å². The molecule has 0 saturated carbocycles. The molecule has 0 bridgehead atoms. The Bertz CT molecular complexity index is 710. The number of anilines is 1. The number of benzene rings is 1. The maximum Gasteiger partial charge on any atom is 0.341 e. The number of aliphatic hydroxyl groups is 1. The first-order valence-corrected chi connectivity index (χ1v) is 8.42. The lowest BCUT2D eigenvalue weighted by atomic mass is 9.95. The van der Waals surface area contributed by atoms with Crippen LogP contribution in [0.3, 0.4) is 0 Å². The summed E-state index contributed by atoms with van der Waals surface area (Å²) in [6.45, 7) is 2.46. The van der Waals surface area contributed by atoms with Gasteiger partial charge in [0.15, 0.2) is 0 Å². The molecule has 0 amide bonds. The number of nitrogens with zero attached hydrogens (tertiary/aromatic N) is 2. The average molecular weight is 350 g/mol. The van der Waals surface area contributed by atoms with E-state index in [2.05, 4.69) is 0 Å². The third-order valence-electron chi connectivity index (χ3n) is 3.97. The van der Waals surface area contributed by atoms with Crippen LogP contribution in [0.5, 0.6) is 0 Å². The highest BCUT2D eigenvalue weighted by Gasteiger charge is 2.32. The van der Waals surface area contributed by atoms with Gasteiger partial charge in [-0.15, -0.1) is 0 Å². The van der Waals surface area contributed by atoms with Gasteiger partial charge < -0.3 is 10.0 Å². The normalized spacial score (nSPS) is 22.4. The van der Waals surface area contributed by atoms with E-state index in [4.69, 9.17) is 0 Å². The van der Waals surface area contributed by atoms with Crippen LogP contribution in [0.1, 0.15) is 13.3 Å². The molecule has 2 atom stereocenters. The maximum atomic E-state index is 12.6. The summed E-state index contributed by atoms with van der Waals surface area (Å²) in [6, 6.07) is 2.70. The number of halogens is 2. The lowest BCUT2D eigenvalue weighted by molar-refractivity contribution is -0.384. The summed E-state index contributed by atoms with van der Waals surface area (Å²) in [4.78, 5) is 11.1. The molecule has 1 saturated heterocycles. The minimum atomic E-state index is -4.91. The first-order chi connectivity index (χ1) is 10.6. The molecule has 1 fully saturated rings. The highest BCUT2D eigenvalue weighted by Crippen LogP contribution is 2.34. The Morgan fingerprint density at radius 3 is 2.61 bits per heavy atom. The zero-order valence-corrected chi connectivity index (χ0v) is 13.0. The van der Waals surface area contributed by atoms with Crippen LogP contribution in [0, 0.1) is 16.0 Å². The Labute approximate surface area is 131 Å². The van der Waals surface area contributed by atoms with Crippen LogP contribution in [0.2, 0.25) is 0 Å². The second-order valence-electron chi connectivity index (χ2n) is 5.49. The second kappa shape index (κ2) is 6.36. The van der Waals surface area contributed by atoms with E-state index in [0.717, 1.165) is 12.1 Å². The van der Waals surface area contributed by atoms with Gasteiger partial charge in [0.2, 0.25) is 9.84 Å². The Kier molecular flexibility index (Phi) is 4.85. The van der Waals surface area contributed by atoms with Crippen LogP contribution in [-0.2, 0) is 9.84 Å². The summed E-state index contributed by atoms with van der Waals surface area (Å²) >= 11 is 0. The molecule has 1 heterocycles. The van der Waals surface area contributed by atoms with Crippen LogP contribution in [0.15, 0.2) is 23.1 Å². The molecule has 2 rings (SSSR count). The molecule has 1 aromatic carbocycles. The second-order valence-corrected chi connectivity index (χ2v) is 7.41. The number of hydrogen-bond donors (Lipinski definition) is 1. The predicted molar refractivity (Wildman–Crippen MR) is 78.3 cm³/mol. The minimum Gasteiger partial charge on any atom is -0.391 e. The van der Waals surface area contributed by atoms with Crippen molar-refractivity contribution in [3.05, 3.63) is 28.3 Å². The standard InChI is InChI=1S/C13H16F2N2O5S/c1-8-4-5-16(7-12(8)18)10-3-2-9(6-11(10)17(19)20)23(21,22)13(14)15/h2-3,6,8,12-13,18H,4-5,7H2,1H3. The van der Waals surface area contributed by atoms with Crippen molar-refractivity contribution in [1.82, 2.24) is 0 Å². The zero-order valence-electron chi connectivity index (χ0n) is 12.2. The van der Waals surface area contributed by atoms with E-state index in [0.29, 0.717) is 19.0 Å². The van der Waals surface area contributed by atoms with Crippen molar-refractivity contribution in [1.29, 1.82) is 0 Å². The lowest BCUT2D eigenvalue weighted by Crippen LogP contribution is -2.43. The van der Waals surface area contributed by atoms with E-state index >= 15 is 0 Å². The highest BCUT2D eigenvalue weighted by molar-refractivity contribution is 7.91. The van der Waals surface area contributed by atoms with Crippen LogP contribution >= 0.6 is 0 Å². The van der Waals surface area contributed by atoms with Crippen molar-refractivity contribution in [3.8, 4) is 0 Å². The van der Waals surface area contributed by atoms with Gasteiger partial charge in [0, 0.05) is 19.2 Å². The number of nitro benzene ring substituents is 1. The predicted octanol–water partition coefficient (Wildman–Crippen LogP) is 1.80. The van der Waals surface area contributed by atoms with E-state index in [1.807, 2.05) is 6.92 Å². The van der Waals surface area contributed by atoms with Crippen molar-refractivity contribution in [2.45, 2.75) is 30.1 Å². The Balaban J connectivity index is 2.44. The number of β-amino-alcohol motifs (C(OH)–C–C–N with tert-alkyl or cyclic N) is 1. The van der Waals surface area contributed by atoms with Crippen molar-refractivity contribution < 1.29 is 27.2 Å². The van der Waals surface area contributed by atoms with E-state index < -0.39 is 37.2 Å². The summed E-state index contributed by atoms with van der Waals surface area (Å²) < 4.78 is 48.1. The van der Waals surface area contributed by atoms with Crippen molar-refractivity contribution in [2.75, 3.05) is 18.0 Å². The zero-order chi connectivity index (χ0) is 17.4. The molecule has 0 aliphatic carbocycles. The fourth-order valence-electron chi connectivity index (χ4n) is 2.46. The molecule has 1 N–H and O–H groups in total. The van der Waals surface area contributed by atoms with E-state index in [9.17, 15) is 32.4 Å². The Hall–Kier alpha value is -1.81. The van der Waals surface area contributed by atoms with E-state index in [1.54, 1.807) is 4.90 Å². The molecule has 10 heteroatoms. The summed E-state index contributed by atoms with van der Waals surface area (Å²) in [5.41, 5.74) is -0.470. The highest BCUT2D eigenvalue weighted by atomic mass is 32.2.